The third-order valence-corrected chi connectivity index (χ3v) is 8.71. The van der Waals surface area contributed by atoms with Gasteiger partial charge in [0.05, 0.1) is 11.0 Å². The third kappa shape index (κ3) is 3.24. The van der Waals surface area contributed by atoms with Gasteiger partial charge in [-0.15, -0.1) is 0 Å². The van der Waals surface area contributed by atoms with Gasteiger partial charge >= 0.3 is 0 Å². The van der Waals surface area contributed by atoms with E-state index in [4.69, 9.17) is 0 Å². The van der Waals surface area contributed by atoms with Crippen LogP contribution < -0.4 is 0 Å². The number of hydrogen-bond donors (Lipinski definition) is 0. The van der Waals surface area contributed by atoms with Gasteiger partial charge in [-0.05, 0) is 84.5 Å². The van der Waals surface area contributed by atoms with Crippen LogP contribution >= 0.6 is 0 Å². The van der Waals surface area contributed by atoms with Gasteiger partial charge in [0.25, 0.3) is 0 Å². The van der Waals surface area contributed by atoms with Gasteiger partial charge in [0.2, 0.25) is 0 Å². The fourth-order valence-electron chi connectivity index (χ4n) is 6.95. The fraction of sp³-hybridized carbons (Fsp3) is 0. The molecule has 0 aliphatic rings. The molecule has 9 rings (SSSR count). The number of aromatic nitrogens is 1. The molecule has 1 heteroatoms. The second-order valence-corrected chi connectivity index (χ2v) is 10.9. The zero-order valence-electron chi connectivity index (χ0n) is 22.4. The van der Waals surface area contributed by atoms with Crippen LogP contribution in [-0.4, -0.2) is 4.57 Å². The van der Waals surface area contributed by atoms with Crippen LogP contribution in [-0.2, 0) is 0 Å². The van der Waals surface area contributed by atoms with E-state index in [9.17, 15) is 0 Å². The van der Waals surface area contributed by atoms with Crippen molar-refractivity contribution in [3.05, 3.63) is 152 Å². The molecule has 0 atom stereocenters. The van der Waals surface area contributed by atoms with Crippen molar-refractivity contribution >= 4 is 64.9 Å². The Balaban J connectivity index is 1.41. The summed E-state index contributed by atoms with van der Waals surface area (Å²) in [5.41, 5.74) is 6.15. The molecule has 1 nitrogen and oxygen atoms in total. The molecule has 0 saturated heterocycles. The summed E-state index contributed by atoms with van der Waals surface area (Å²) in [6.45, 7) is 0. The van der Waals surface area contributed by atoms with E-state index < -0.39 is 0 Å². The molecule has 0 radical (unpaired) electrons. The number of rotatable bonds is 2. The van der Waals surface area contributed by atoms with E-state index in [1.807, 2.05) is 0 Å². The average molecular weight is 520 g/mol. The van der Waals surface area contributed by atoms with Crippen LogP contribution in [0.4, 0.5) is 0 Å². The van der Waals surface area contributed by atoms with Crippen LogP contribution in [0.5, 0.6) is 0 Å². The zero-order chi connectivity index (χ0) is 26.9. The van der Waals surface area contributed by atoms with Crippen molar-refractivity contribution in [1.29, 1.82) is 0 Å². The maximum atomic E-state index is 2.46. The van der Waals surface area contributed by atoms with E-state index in [-0.39, 0.29) is 0 Å². The molecule has 0 aliphatic carbocycles. The SMILES string of the molecule is c1cc(-c2c3ccccc3cc3ccccc23)cc(-n2c3ccc4ccccc4c3c3c4ccccc4ccc32)c1. The smallest absolute Gasteiger partial charge is 0.0547 e. The zero-order valence-corrected chi connectivity index (χ0v) is 22.4. The molecule has 1 aromatic heterocycles. The summed E-state index contributed by atoms with van der Waals surface area (Å²) in [6, 6.07) is 55.5. The molecule has 9 aromatic rings. The van der Waals surface area contributed by atoms with E-state index in [2.05, 4.69) is 156 Å². The lowest BCUT2D eigenvalue weighted by molar-refractivity contribution is 1.18. The summed E-state index contributed by atoms with van der Waals surface area (Å²) in [4.78, 5) is 0. The van der Waals surface area contributed by atoms with Crippen LogP contribution in [0.2, 0.25) is 0 Å². The van der Waals surface area contributed by atoms with Crippen LogP contribution in [0.1, 0.15) is 0 Å². The van der Waals surface area contributed by atoms with Crippen LogP contribution in [0.3, 0.4) is 0 Å². The van der Waals surface area contributed by atoms with Gasteiger partial charge in [-0.3, -0.25) is 0 Å². The second-order valence-electron chi connectivity index (χ2n) is 10.9. The lowest BCUT2D eigenvalue weighted by Gasteiger charge is -2.15. The second kappa shape index (κ2) is 8.55. The monoisotopic (exact) mass is 519 g/mol. The van der Waals surface area contributed by atoms with Gasteiger partial charge in [-0.1, -0.05) is 121 Å². The Kier molecular flexibility index (Phi) is 4.67. The van der Waals surface area contributed by atoms with Gasteiger partial charge in [0.15, 0.2) is 0 Å². The highest BCUT2D eigenvalue weighted by Crippen LogP contribution is 2.42. The lowest BCUT2D eigenvalue weighted by Crippen LogP contribution is -1.95. The first-order valence-corrected chi connectivity index (χ1v) is 14.2. The van der Waals surface area contributed by atoms with Gasteiger partial charge in [-0.25, -0.2) is 0 Å². The third-order valence-electron chi connectivity index (χ3n) is 8.71. The normalized spacial score (nSPS) is 11.9. The van der Waals surface area contributed by atoms with Gasteiger partial charge in [0, 0.05) is 16.5 Å². The van der Waals surface area contributed by atoms with E-state index in [1.54, 1.807) is 0 Å². The highest BCUT2D eigenvalue weighted by molar-refractivity contribution is 6.28. The predicted octanol–water partition coefficient (Wildman–Crippen LogP) is 11.1. The molecule has 0 amide bonds. The first-order valence-electron chi connectivity index (χ1n) is 14.2. The van der Waals surface area contributed by atoms with E-state index in [1.165, 1.54) is 81.7 Å². The minimum absolute atomic E-state index is 1.17. The summed E-state index contributed by atoms with van der Waals surface area (Å²) in [6.07, 6.45) is 0. The number of hydrogen-bond acceptors (Lipinski definition) is 0. The fourth-order valence-corrected chi connectivity index (χ4v) is 6.95. The van der Waals surface area contributed by atoms with E-state index >= 15 is 0 Å². The largest absolute Gasteiger partial charge is 0.309 e. The quantitative estimate of drug-likeness (QED) is 0.200. The molecule has 8 aromatic carbocycles. The molecule has 41 heavy (non-hydrogen) atoms. The van der Waals surface area contributed by atoms with Gasteiger partial charge < -0.3 is 4.57 Å². The predicted molar refractivity (Wildman–Crippen MR) is 176 cm³/mol. The summed E-state index contributed by atoms with van der Waals surface area (Å²) in [7, 11) is 0. The van der Waals surface area contributed by atoms with Gasteiger partial charge in [-0.2, -0.15) is 0 Å². The van der Waals surface area contributed by atoms with Crippen molar-refractivity contribution in [3.8, 4) is 16.8 Å². The minimum Gasteiger partial charge on any atom is -0.309 e. The van der Waals surface area contributed by atoms with Crippen LogP contribution in [0, 0.1) is 0 Å². The van der Waals surface area contributed by atoms with Crippen molar-refractivity contribution in [2.24, 2.45) is 0 Å². The minimum atomic E-state index is 1.17. The Bertz CT molecular complexity index is 2330. The van der Waals surface area contributed by atoms with Crippen molar-refractivity contribution in [1.82, 2.24) is 4.57 Å². The molecule has 0 unspecified atom stereocenters. The molecular formula is C40H25N. The van der Waals surface area contributed by atoms with Crippen molar-refractivity contribution < 1.29 is 0 Å². The Labute approximate surface area is 237 Å². The molecule has 190 valence electrons. The summed E-state index contributed by atoms with van der Waals surface area (Å²) < 4.78 is 2.46. The van der Waals surface area contributed by atoms with Crippen LogP contribution in [0.25, 0.3) is 81.7 Å². The summed E-state index contributed by atoms with van der Waals surface area (Å²) >= 11 is 0. The van der Waals surface area contributed by atoms with Crippen molar-refractivity contribution in [3.63, 3.8) is 0 Å². The maximum Gasteiger partial charge on any atom is 0.0547 e. The molecule has 0 fully saturated rings. The molecule has 0 N–H and O–H groups in total. The van der Waals surface area contributed by atoms with Crippen molar-refractivity contribution in [2.75, 3.05) is 0 Å². The van der Waals surface area contributed by atoms with Crippen molar-refractivity contribution in [2.45, 2.75) is 0 Å². The number of fused-ring (bicyclic) bond motifs is 9. The Morgan fingerprint density at radius 3 is 1.39 bits per heavy atom. The summed E-state index contributed by atoms with van der Waals surface area (Å²) in [5, 5.41) is 12.8. The molecule has 1 heterocycles. The highest BCUT2D eigenvalue weighted by atomic mass is 15.0. The first-order chi connectivity index (χ1) is 20.3. The number of benzene rings is 8. The molecule has 0 aliphatic heterocycles. The topological polar surface area (TPSA) is 4.93 Å². The molecule has 0 spiro atoms. The standard InChI is InChI=1S/C40H25N/c1-5-16-32-26(10-1)20-22-36-39(32)40-33-17-6-2-11-27(33)21-23-37(40)41(36)31-15-9-14-30(25-31)38-34-18-7-3-12-28(34)24-29-13-4-8-19-35(29)38/h1-25H. The Morgan fingerprint density at radius 2 is 0.829 bits per heavy atom. The maximum absolute atomic E-state index is 2.46. The molecular weight excluding hydrogens is 494 g/mol. The van der Waals surface area contributed by atoms with E-state index in [0.717, 1.165) is 0 Å². The number of nitrogens with zero attached hydrogens (tertiary/aromatic N) is 1. The Morgan fingerprint density at radius 1 is 0.341 bits per heavy atom. The lowest BCUT2D eigenvalue weighted by atomic mass is 9.92. The first kappa shape index (κ1) is 22.4. The molecule has 0 bridgehead atoms. The van der Waals surface area contributed by atoms with Gasteiger partial charge in [0.1, 0.15) is 0 Å². The summed E-state index contributed by atoms with van der Waals surface area (Å²) in [5.74, 6) is 0. The Hall–Kier alpha value is -5.40. The average Bonchev–Trinajstić information content (AvgIpc) is 3.39. The van der Waals surface area contributed by atoms with E-state index in [0.29, 0.717) is 0 Å². The highest BCUT2D eigenvalue weighted by Gasteiger charge is 2.18. The van der Waals surface area contributed by atoms with Crippen LogP contribution in [0.15, 0.2) is 152 Å². The molecule has 0 saturated carbocycles.